The van der Waals surface area contributed by atoms with Crippen molar-refractivity contribution in [2.45, 2.75) is 13.8 Å². The standard InChI is InChI=1S/2C7H8O.C5H4S.2ClH.Ti/c2*1-6-4-2-3-5-7(6)8;1-5-3-2-4-6-5;;;/h2*2-5,8H,1H3;1-4H;2*1H;/q;;;;;+2/p-2. The van der Waals surface area contributed by atoms with Crippen molar-refractivity contribution in [2.75, 3.05) is 0 Å². The molecule has 0 amide bonds. The van der Waals surface area contributed by atoms with Gasteiger partial charge in [0.05, 0.1) is 0 Å². The summed E-state index contributed by atoms with van der Waals surface area (Å²) < 4.78 is 14.7. The molecule has 0 aliphatic rings. The third-order valence-corrected chi connectivity index (χ3v) is 6.73. The molecule has 0 atom stereocenters. The third-order valence-electron chi connectivity index (χ3n) is 3.41. The van der Waals surface area contributed by atoms with Crippen LogP contribution < -0.4 is 6.64 Å². The van der Waals surface area contributed by atoms with E-state index in [2.05, 4.69) is 41.7 Å². The predicted molar refractivity (Wildman–Crippen MR) is 108 cm³/mol. The van der Waals surface area contributed by atoms with Gasteiger partial charge in [-0.05, 0) is 0 Å². The van der Waals surface area contributed by atoms with Gasteiger partial charge in [-0.15, -0.1) is 24.8 Å². The zero-order chi connectivity index (χ0) is 16.1. The maximum Gasteiger partial charge on any atom is -0.147 e. The van der Waals surface area contributed by atoms with Crippen LogP contribution in [0.1, 0.15) is 16.0 Å². The van der Waals surface area contributed by atoms with Gasteiger partial charge in [-0.25, -0.2) is 0 Å². The summed E-state index contributed by atoms with van der Waals surface area (Å²) in [5.41, 5.74) is 2.26. The molecule has 0 saturated carbocycles. The normalized spacial score (nSPS) is 9.36. The molecule has 6 heteroatoms. The van der Waals surface area contributed by atoms with Gasteiger partial charge in [-0.1, -0.05) is 0 Å². The first-order chi connectivity index (χ1) is 11.2. The van der Waals surface area contributed by atoms with E-state index in [1.807, 2.05) is 42.5 Å². The van der Waals surface area contributed by atoms with Gasteiger partial charge >= 0.3 is 148 Å². The van der Waals surface area contributed by atoms with Crippen LogP contribution in [0, 0.1) is 13.8 Å². The molecule has 0 spiro atoms. The molecule has 0 radical (unpaired) electrons. The minimum absolute atomic E-state index is 0. The summed E-state index contributed by atoms with van der Waals surface area (Å²) in [4.78, 5) is 1.20. The van der Waals surface area contributed by atoms with Crippen LogP contribution in [0.4, 0.5) is 0 Å². The summed E-state index contributed by atoms with van der Waals surface area (Å²) in [5.74, 6) is 1.81. The molecule has 0 bridgehead atoms. The van der Waals surface area contributed by atoms with Crippen molar-refractivity contribution in [3.63, 3.8) is 0 Å². The van der Waals surface area contributed by atoms with Crippen molar-refractivity contribution in [1.29, 1.82) is 0 Å². The van der Waals surface area contributed by atoms with Crippen molar-refractivity contribution < 1.29 is 24.8 Å². The summed E-state index contributed by atoms with van der Waals surface area (Å²) in [7, 11) is 0. The largest absolute Gasteiger partial charge is 0.147 e. The fourth-order valence-corrected chi connectivity index (χ4v) is 5.54. The zero-order valence-electron chi connectivity index (χ0n) is 14.0. The number of para-hydroxylation sites is 2. The molecule has 0 saturated heterocycles. The third kappa shape index (κ3) is 6.29. The molecular weight excluding hydrogens is 411 g/mol. The summed E-state index contributed by atoms with van der Waals surface area (Å²) in [6.45, 7) is 4.12. The van der Waals surface area contributed by atoms with Gasteiger partial charge in [0.25, 0.3) is 0 Å². The van der Waals surface area contributed by atoms with Gasteiger partial charge in [-0.2, -0.15) is 0 Å². The van der Waals surface area contributed by atoms with Crippen molar-refractivity contribution in [3.8, 4) is 11.5 Å². The number of hydrogen-bond acceptors (Lipinski definition) is 3. The summed E-state index contributed by atoms with van der Waals surface area (Å²) in [6.07, 6.45) is 0. The molecule has 132 valence electrons. The average Bonchev–Trinajstić information content (AvgIpc) is 3.05. The SMILES string of the molecule is Cc1ccccc1[O][Ti](=[CH]c1cccs1)[O]c1ccccc1C.Cl.Cl. The molecule has 0 aliphatic carbocycles. The Morgan fingerprint density at radius 3 is 1.72 bits per heavy atom. The monoisotopic (exact) mass is 430 g/mol. The average molecular weight is 431 g/mol. The summed E-state index contributed by atoms with van der Waals surface area (Å²) >= 11 is -0.658. The Hall–Kier alpha value is -1.10. The van der Waals surface area contributed by atoms with Crippen LogP contribution >= 0.6 is 36.2 Å². The molecule has 0 aliphatic heterocycles. The van der Waals surface area contributed by atoms with E-state index in [4.69, 9.17) is 6.64 Å². The fraction of sp³-hybridized carbons (Fsp3) is 0.105. The molecule has 1 aromatic heterocycles. The first kappa shape index (κ1) is 21.9. The van der Waals surface area contributed by atoms with Crippen molar-refractivity contribution >= 4 is 40.5 Å². The summed E-state index contributed by atoms with van der Waals surface area (Å²) in [5, 5.41) is 2.07. The van der Waals surface area contributed by atoms with E-state index in [9.17, 15) is 0 Å². The van der Waals surface area contributed by atoms with Crippen molar-refractivity contribution in [3.05, 3.63) is 82.0 Å². The van der Waals surface area contributed by atoms with E-state index in [1.165, 1.54) is 4.88 Å². The van der Waals surface area contributed by atoms with Gasteiger partial charge in [0, 0.05) is 0 Å². The van der Waals surface area contributed by atoms with E-state index in [0.29, 0.717) is 0 Å². The Morgan fingerprint density at radius 1 is 0.760 bits per heavy atom. The van der Waals surface area contributed by atoms with Gasteiger partial charge in [0.1, 0.15) is 0 Å². The van der Waals surface area contributed by atoms with Crippen molar-refractivity contribution in [1.82, 2.24) is 0 Å². The topological polar surface area (TPSA) is 18.5 Å². The molecule has 25 heavy (non-hydrogen) atoms. The Balaban J connectivity index is 0.00000156. The van der Waals surface area contributed by atoms with Crippen LogP contribution in [-0.4, -0.2) is 4.31 Å². The van der Waals surface area contributed by atoms with E-state index >= 15 is 0 Å². The van der Waals surface area contributed by atoms with Crippen molar-refractivity contribution in [2.24, 2.45) is 0 Å². The molecule has 0 fully saturated rings. The zero-order valence-corrected chi connectivity index (χ0v) is 18.0. The first-order valence-corrected chi connectivity index (χ1v) is 10.5. The van der Waals surface area contributed by atoms with Gasteiger partial charge in [0.2, 0.25) is 0 Å². The molecule has 2 nitrogen and oxygen atoms in total. The Morgan fingerprint density at radius 2 is 1.28 bits per heavy atom. The van der Waals surface area contributed by atoms with Crippen LogP contribution in [0.3, 0.4) is 0 Å². The first-order valence-electron chi connectivity index (χ1n) is 7.44. The molecular formula is C19H20Cl2O2STi. The molecule has 1 heterocycles. The van der Waals surface area contributed by atoms with Gasteiger partial charge < -0.3 is 0 Å². The van der Waals surface area contributed by atoms with Crippen LogP contribution in [0.5, 0.6) is 11.5 Å². The molecule has 0 unspecified atom stereocenters. The fourth-order valence-electron chi connectivity index (χ4n) is 2.13. The van der Waals surface area contributed by atoms with Crippen LogP contribution in [0.15, 0.2) is 66.0 Å². The number of halogens is 2. The minimum atomic E-state index is -2.37. The van der Waals surface area contributed by atoms with E-state index in [-0.39, 0.29) is 24.8 Å². The second-order valence-corrected chi connectivity index (χ2v) is 8.28. The minimum Gasteiger partial charge on any atom is -0.147 e. The second-order valence-electron chi connectivity index (χ2n) is 5.21. The van der Waals surface area contributed by atoms with Crippen LogP contribution in [-0.2, 0) is 18.2 Å². The predicted octanol–water partition coefficient (Wildman–Crippen LogP) is 5.97. The number of aryl methyl sites for hydroxylation is 2. The second kappa shape index (κ2) is 10.8. The maximum atomic E-state index is 6.27. The molecule has 3 rings (SSSR count). The molecule has 2 aromatic carbocycles. The summed E-state index contributed by atoms with van der Waals surface area (Å²) in [6, 6.07) is 20.3. The number of rotatable bonds is 5. The van der Waals surface area contributed by atoms with Gasteiger partial charge in [-0.3, -0.25) is 0 Å². The van der Waals surface area contributed by atoms with E-state index in [0.717, 1.165) is 22.6 Å². The van der Waals surface area contributed by atoms with E-state index in [1.54, 1.807) is 11.3 Å². The Labute approximate surface area is 171 Å². The molecule has 0 N–H and O–H groups in total. The Kier molecular flexibility index (Phi) is 9.48. The Bertz CT molecular complexity index is 770. The number of benzene rings is 2. The van der Waals surface area contributed by atoms with Gasteiger partial charge in [0.15, 0.2) is 0 Å². The number of hydrogen-bond donors (Lipinski definition) is 0. The van der Waals surface area contributed by atoms with Crippen LogP contribution in [0.2, 0.25) is 0 Å². The molecule has 3 aromatic rings. The number of thiophene rings is 1. The smallest absolute Gasteiger partial charge is 0.147 e. The maximum absolute atomic E-state index is 6.27. The quantitative estimate of drug-likeness (QED) is 0.464. The van der Waals surface area contributed by atoms with Crippen LogP contribution in [0.25, 0.3) is 0 Å². The van der Waals surface area contributed by atoms with E-state index < -0.39 is 18.2 Å².